The molecule has 0 aromatic rings. The van der Waals surface area contributed by atoms with Crippen molar-refractivity contribution >= 4 is 17.7 Å². The van der Waals surface area contributed by atoms with Gasteiger partial charge in [0.05, 0.1) is 12.8 Å². The van der Waals surface area contributed by atoms with Gasteiger partial charge < -0.3 is 4.74 Å². The predicted octanol–water partition coefficient (Wildman–Crippen LogP) is 5.15. The van der Waals surface area contributed by atoms with Gasteiger partial charge in [0.15, 0.2) is 0 Å². The number of thioether (sulfide) groups is 1. The lowest BCUT2D eigenvalue weighted by atomic mass is 10.1. The zero-order valence-electron chi connectivity index (χ0n) is 13.3. The third-order valence-electron chi connectivity index (χ3n) is 3.03. The highest BCUT2D eigenvalue weighted by Crippen LogP contribution is 2.22. The van der Waals surface area contributed by atoms with Gasteiger partial charge in [0.25, 0.3) is 0 Å². The van der Waals surface area contributed by atoms with E-state index in [0.717, 1.165) is 37.9 Å². The van der Waals surface area contributed by atoms with Gasteiger partial charge in [-0.1, -0.05) is 39.0 Å². The molecular weight excluding hydrogens is 275 g/mol. The fourth-order valence-corrected chi connectivity index (χ4v) is 3.11. The fraction of sp³-hybridized carbons (Fsp3) is 0.938. The molecule has 0 aliphatic heterocycles. The summed E-state index contributed by atoms with van der Waals surface area (Å²) in [5.74, 6) is 0.904. The van der Waals surface area contributed by atoms with E-state index in [9.17, 15) is 9.18 Å². The minimum atomic E-state index is -0.215. The third-order valence-corrected chi connectivity index (χ3v) is 4.39. The molecule has 0 heterocycles. The molecule has 1 unspecified atom stereocenters. The van der Waals surface area contributed by atoms with Gasteiger partial charge in [0.1, 0.15) is 5.25 Å². The van der Waals surface area contributed by atoms with E-state index in [-0.39, 0.29) is 24.0 Å². The number of hydrogen-bond acceptors (Lipinski definition) is 3. The second-order valence-electron chi connectivity index (χ2n) is 5.44. The maximum absolute atomic E-state index is 12.0. The molecule has 0 aromatic heterocycles. The number of carbonyl (C=O) groups is 1. The number of alkyl halides is 1. The Kier molecular flexibility index (Phi) is 13.5. The molecule has 0 aliphatic rings. The Balaban J connectivity index is 3.94. The van der Waals surface area contributed by atoms with Gasteiger partial charge in [0, 0.05) is 0 Å². The minimum Gasteiger partial charge on any atom is -0.462 e. The minimum absolute atomic E-state index is 0.0230. The van der Waals surface area contributed by atoms with E-state index >= 15 is 0 Å². The molecule has 0 bridgehead atoms. The Morgan fingerprint density at radius 3 is 2.40 bits per heavy atom. The first-order valence-corrected chi connectivity index (χ1v) is 9.04. The van der Waals surface area contributed by atoms with Crippen LogP contribution < -0.4 is 0 Å². The molecule has 0 saturated carbocycles. The maximum Gasteiger partial charge on any atom is 0.319 e. The Hall–Kier alpha value is -0.250. The van der Waals surface area contributed by atoms with Gasteiger partial charge in [-0.2, -0.15) is 0 Å². The van der Waals surface area contributed by atoms with E-state index in [2.05, 4.69) is 6.92 Å². The first-order chi connectivity index (χ1) is 9.61. The highest BCUT2D eigenvalue weighted by atomic mass is 32.2. The molecule has 0 rings (SSSR count). The summed E-state index contributed by atoms with van der Waals surface area (Å²) in [5.41, 5.74) is 0. The second kappa shape index (κ2) is 13.7. The van der Waals surface area contributed by atoms with Crippen LogP contribution in [0, 0.1) is 0 Å². The van der Waals surface area contributed by atoms with Gasteiger partial charge in [0.2, 0.25) is 0 Å². The lowest BCUT2D eigenvalue weighted by molar-refractivity contribution is -0.146. The number of esters is 1. The molecule has 0 fully saturated rings. The van der Waals surface area contributed by atoms with E-state index in [0.29, 0.717) is 6.42 Å². The van der Waals surface area contributed by atoms with Crippen LogP contribution in [0.3, 0.4) is 0 Å². The van der Waals surface area contributed by atoms with Crippen LogP contribution in [-0.2, 0) is 9.53 Å². The molecule has 4 heteroatoms. The quantitative estimate of drug-likeness (QED) is 0.348. The van der Waals surface area contributed by atoms with E-state index < -0.39 is 0 Å². The summed E-state index contributed by atoms with van der Waals surface area (Å²) < 4.78 is 17.3. The lowest BCUT2D eigenvalue weighted by Gasteiger charge is -2.17. The smallest absolute Gasteiger partial charge is 0.319 e. The van der Waals surface area contributed by atoms with Crippen LogP contribution in [0.1, 0.15) is 72.1 Å². The van der Waals surface area contributed by atoms with Gasteiger partial charge in [-0.05, 0) is 38.9 Å². The molecule has 0 spiro atoms. The standard InChI is InChI=1S/C16H31FO2S/c1-4-5-8-11-15(16(18)19-14(2)3)20-13-10-7-6-9-12-17/h14-15H,4-13H2,1-3H3. The first kappa shape index (κ1) is 19.8. The average Bonchev–Trinajstić information content (AvgIpc) is 2.39. The molecule has 1 atom stereocenters. The summed E-state index contributed by atoms with van der Waals surface area (Å²) in [6, 6.07) is 0. The monoisotopic (exact) mass is 306 g/mol. The molecule has 2 nitrogen and oxygen atoms in total. The van der Waals surface area contributed by atoms with E-state index in [1.54, 1.807) is 11.8 Å². The van der Waals surface area contributed by atoms with Crippen molar-refractivity contribution in [2.24, 2.45) is 0 Å². The van der Waals surface area contributed by atoms with Crippen molar-refractivity contribution in [3.05, 3.63) is 0 Å². The van der Waals surface area contributed by atoms with E-state index in [4.69, 9.17) is 4.74 Å². The normalized spacial score (nSPS) is 12.7. The van der Waals surface area contributed by atoms with Crippen LogP contribution >= 0.6 is 11.8 Å². The van der Waals surface area contributed by atoms with E-state index in [1.807, 2.05) is 13.8 Å². The number of hydrogen-bond donors (Lipinski definition) is 0. The van der Waals surface area contributed by atoms with E-state index in [1.165, 1.54) is 12.8 Å². The molecule has 120 valence electrons. The Bertz CT molecular complexity index is 235. The SMILES string of the molecule is CCCCCC(SCCCCCCF)C(=O)OC(C)C. The van der Waals surface area contributed by atoms with Gasteiger partial charge in [-0.15, -0.1) is 11.8 Å². The Morgan fingerprint density at radius 2 is 1.80 bits per heavy atom. The Labute approximate surface area is 128 Å². The highest BCUT2D eigenvalue weighted by Gasteiger charge is 2.20. The van der Waals surface area contributed by atoms with Crippen LogP contribution in [0.25, 0.3) is 0 Å². The summed E-state index contributed by atoms with van der Waals surface area (Å²) >= 11 is 1.71. The summed E-state index contributed by atoms with van der Waals surface area (Å²) in [5, 5.41) is -0.0230. The van der Waals surface area contributed by atoms with Crippen molar-refractivity contribution < 1.29 is 13.9 Å². The van der Waals surface area contributed by atoms with Crippen molar-refractivity contribution in [3.63, 3.8) is 0 Å². The second-order valence-corrected chi connectivity index (χ2v) is 6.75. The van der Waals surface area contributed by atoms with Crippen molar-refractivity contribution in [1.29, 1.82) is 0 Å². The number of carbonyl (C=O) groups excluding carboxylic acids is 1. The summed E-state index contributed by atoms with van der Waals surface area (Å²) in [6.07, 6.45) is 8.02. The highest BCUT2D eigenvalue weighted by molar-refractivity contribution is 8.00. The zero-order chi connectivity index (χ0) is 15.2. The molecule has 0 aliphatic carbocycles. The van der Waals surface area contributed by atoms with Crippen LogP contribution in [0.15, 0.2) is 0 Å². The number of ether oxygens (including phenoxy) is 1. The number of rotatable bonds is 13. The number of unbranched alkanes of at least 4 members (excludes halogenated alkanes) is 5. The van der Waals surface area contributed by atoms with Gasteiger partial charge in [-0.25, -0.2) is 0 Å². The third kappa shape index (κ3) is 11.6. The maximum atomic E-state index is 12.0. The van der Waals surface area contributed by atoms with Crippen molar-refractivity contribution in [2.75, 3.05) is 12.4 Å². The Morgan fingerprint density at radius 1 is 1.10 bits per heavy atom. The predicted molar refractivity (Wildman–Crippen MR) is 86.1 cm³/mol. The molecular formula is C16H31FO2S. The van der Waals surface area contributed by atoms with Gasteiger partial charge in [-0.3, -0.25) is 9.18 Å². The first-order valence-electron chi connectivity index (χ1n) is 7.99. The fourth-order valence-electron chi connectivity index (χ4n) is 1.93. The number of halogens is 1. The molecule has 0 amide bonds. The van der Waals surface area contributed by atoms with Crippen LogP contribution in [0.5, 0.6) is 0 Å². The van der Waals surface area contributed by atoms with Crippen molar-refractivity contribution in [2.45, 2.75) is 83.5 Å². The lowest BCUT2D eigenvalue weighted by Crippen LogP contribution is -2.24. The molecule has 0 radical (unpaired) electrons. The summed E-state index contributed by atoms with van der Waals surface area (Å²) in [6.45, 7) is 5.73. The van der Waals surface area contributed by atoms with Crippen LogP contribution in [0.2, 0.25) is 0 Å². The van der Waals surface area contributed by atoms with Crippen molar-refractivity contribution in [3.8, 4) is 0 Å². The molecule has 20 heavy (non-hydrogen) atoms. The summed E-state index contributed by atoms with van der Waals surface area (Å²) in [4.78, 5) is 12.0. The topological polar surface area (TPSA) is 26.3 Å². The molecule has 0 N–H and O–H groups in total. The largest absolute Gasteiger partial charge is 0.462 e. The summed E-state index contributed by atoms with van der Waals surface area (Å²) in [7, 11) is 0. The molecule has 0 aromatic carbocycles. The van der Waals surface area contributed by atoms with Crippen LogP contribution in [-0.4, -0.2) is 29.8 Å². The van der Waals surface area contributed by atoms with Crippen molar-refractivity contribution in [1.82, 2.24) is 0 Å². The van der Waals surface area contributed by atoms with Gasteiger partial charge >= 0.3 is 5.97 Å². The zero-order valence-corrected chi connectivity index (χ0v) is 14.1. The van der Waals surface area contributed by atoms with Crippen LogP contribution in [0.4, 0.5) is 4.39 Å². The molecule has 0 saturated heterocycles. The average molecular weight is 306 g/mol.